The Labute approximate surface area is 104 Å². The molecule has 1 heterocycles. The molecule has 1 aliphatic heterocycles. The summed E-state index contributed by atoms with van der Waals surface area (Å²) in [6, 6.07) is 3.90. The van der Waals surface area contributed by atoms with Crippen LogP contribution in [0.3, 0.4) is 0 Å². The van der Waals surface area contributed by atoms with Crippen molar-refractivity contribution in [1.82, 2.24) is 0 Å². The van der Waals surface area contributed by atoms with Crippen molar-refractivity contribution in [2.75, 3.05) is 5.73 Å². The van der Waals surface area contributed by atoms with Gasteiger partial charge in [-0.1, -0.05) is 13.8 Å². The number of halogens is 1. The van der Waals surface area contributed by atoms with Crippen molar-refractivity contribution in [3.63, 3.8) is 0 Å². The molecule has 0 fully saturated rings. The van der Waals surface area contributed by atoms with E-state index in [1.165, 1.54) is 5.56 Å². The molecule has 0 aliphatic carbocycles. The summed E-state index contributed by atoms with van der Waals surface area (Å²) in [5.74, 6) is 0.983. The van der Waals surface area contributed by atoms with Crippen molar-refractivity contribution in [1.29, 1.82) is 0 Å². The average Bonchev–Trinajstić information content (AvgIpc) is 2.27. The third-order valence-electron chi connectivity index (χ3n) is 3.96. The van der Waals surface area contributed by atoms with Crippen molar-refractivity contribution in [2.24, 2.45) is 0 Å². The van der Waals surface area contributed by atoms with Crippen molar-refractivity contribution < 1.29 is 4.74 Å². The van der Waals surface area contributed by atoms with E-state index in [0.717, 1.165) is 17.0 Å². The summed E-state index contributed by atoms with van der Waals surface area (Å²) in [4.78, 5) is 0. The minimum Gasteiger partial charge on any atom is -0.487 e. The van der Waals surface area contributed by atoms with Gasteiger partial charge >= 0.3 is 0 Å². The molecular formula is C13H20ClNO. The van der Waals surface area contributed by atoms with Crippen LogP contribution in [-0.2, 0) is 5.41 Å². The molecule has 1 aromatic carbocycles. The lowest BCUT2D eigenvalue weighted by molar-refractivity contribution is 0.0711. The van der Waals surface area contributed by atoms with E-state index in [-0.39, 0.29) is 23.4 Å². The molecule has 3 heteroatoms. The Morgan fingerprint density at radius 2 is 1.69 bits per heavy atom. The van der Waals surface area contributed by atoms with Gasteiger partial charge in [0, 0.05) is 16.7 Å². The lowest BCUT2D eigenvalue weighted by Gasteiger charge is -2.34. The minimum absolute atomic E-state index is 0. The summed E-state index contributed by atoms with van der Waals surface area (Å²) in [6.07, 6.45) is 0. The van der Waals surface area contributed by atoms with Crippen molar-refractivity contribution >= 4 is 18.1 Å². The molecule has 0 radical (unpaired) electrons. The van der Waals surface area contributed by atoms with Crippen molar-refractivity contribution in [2.45, 2.75) is 45.6 Å². The highest BCUT2D eigenvalue weighted by Crippen LogP contribution is 2.50. The number of hydrogen-bond donors (Lipinski definition) is 1. The molecule has 0 aromatic heterocycles. The number of benzene rings is 1. The standard InChI is InChI=1S/C13H19NO.ClH/c1-8-9(14)6-7-10-11(8)12(2,3)13(4,5)15-10;/h6-7H,14H2,1-5H3;1H. The van der Waals surface area contributed by atoms with Gasteiger partial charge in [-0.05, 0) is 38.5 Å². The summed E-state index contributed by atoms with van der Waals surface area (Å²) < 4.78 is 5.99. The molecule has 0 bridgehead atoms. The Hall–Kier alpha value is -0.890. The van der Waals surface area contributed by atoms with Gasteiger partial charge in [0.1, 0.15) is 11.4 Å². The summed E-state index contributed by atoms with van der Waals surface area (Å²) in [7, 11) is 0. The van der Waals surface area contributed by atoms with E-state index < -0.39 is 0 Å². The lowest BCUT2D eigenvalue weighted by atomic mass is 9.72. The van der Waals surface area contributed by atoms with Crippen LogP contribution < -0.4 is 10.5 Å². The van der Waals surface area contributed by atoms with Gasteiger partial charge in [0.15, 0.2) is 0 Å². The molecule has 0 saturated carbocycles. The zero-order valence-electron chi connectivity index (χ0n) is 10.5. The first kappa shape index (κ1) is 13.2. The molecule has 2 N–H and O–H groups in total. The van der Waals surface area contributed by atoms with Crippen LogP contribution >= 0.6 is 12.4 Å². The molecule has 16 heavy (non-hydrogen) atoms. The predicted molar refractivity (Wildman–Crippen MR) is 70.6 cm³/mol. The Bertz CT molecular complexity index is 424. The van der Waals surface area contributed by atoms with E-state index in [1.807, 2.05) is 12.1 Å². The molecule has 0 unspecified atom stereocenters. The maximum atomic E-state index is 5.99. The zero-order chi connectivity index (χ0) is 11.4. The van der Waals surface area contributed by atoms with Crippen LogP contribution in [0.2, 0.25) is 0 Å². The quantitative estimate of drug-likeness (QED) is 0.707. The number of fused-ring (bicyclic) bond motifs is 1. The number of rotatable bonds is 0. The van der Waals surface area contributed by atoms with Gasteiger partial charge < -0.3 is 10.5 Å². The van der Waals surface area contributed by atoms with Crippen LogP contribution in [0.4, 0.5) is 5.69 Å². The second kappa shape index (κ2) is 3.56. The maximum absolute atomic E-state index is 5.99. The fraction of sp³-hybridized carbons (Fsp3) is 0.538. The van der Waals surface area contributed by atoms with Crippen LogP contribution in [0.15, 0.2) is 12.1 Å². The minimum atomic E-state index is -0.173. The maximum Gasteiger partial charge on any atom is 0.124 e. The van der Waals surface area contributed by atoms with Crippen molar-refractivity contribution in [3.8, 4) is 5.75 Å². The third kappa shape index (κ3) is 1.47. The highest BCUT2D eigenvalue weighted by atomic mass is 35.5. The SMILES string of the molecule is Cc1c(N)ccc2c1C(C)(C)C(C)(C)O2.Cl. The monoisotopic (exact) mass is 241 g/mol. The fourth-order valence-corrected chi connectivity index (χ4v) is 2.27. The summed E-state index contributed by atoms with van der Waals surface area (Å²) >= 11 is 0. The number of nitrogens with two attached hydrogens (primary N) is 1. The van der Waals surface area contributed by atoms with Gasteiger partial charge in [-0.3, -0.25) is 0 Å². The lowest BCUT2D eigenvalue weighted by Crippen LogP contribution is -2.42. The molecule has 2 nitrogen and oxygen atoms in total. The molecule has 0 spiro atoms. The Morgan fingerprint density at radius 3 is 2.25 bits per heavy atom. The topological polar surface area (TPSA) is 35.2 Å². The van der Waals surface area contributed by atoms with Gasteiger partial charge in [-0.2, -0.15) is 0 Å². The van der Waals surface area contributed by atoms with Crippen LogP contribution in [-0.4, -0.2) is 5.60 Å². The molecule has 90 valence electrons. The van der Waals surface area contributed by atoms with Gasteiger partial charge in [-0.15, -0.1) is 12.4 Å². The Kier molecular flexibility index (Phi) is 2.93. The first-order valence-electron chi connectivity index (χ1n) is 5.36. The van der Waals surface area contributed by atoms with E-state index in [9.17, 15) is 0 Å². The van der Waals surface area contributed by atoms with Gasteiger partial charge in [-0.25, -0.2) is 0 Å². The van der Waals surface area contributed by atoms with Crippen LogP contribution in [0, 0.1) is 6.92 Å². The molecule has 2 rings (SSSR count). The predicted octanol–water partition coefficient (Wildman–Crippen LogP) is 3.45. The van der Waals surface area contributed by atoms with Crippen LogP contribution in [0.5, 0.6) is 5.75 Å². The first-order chi connectivity index (χ1) is 6.77. The highest BCUT2D eigenvalue weighted by Gasteiger charge is 2.48. The number of nitrogen functional groups attached to an aromatic ring is 1. The highest BCUT2D eigenvalue weighted by molar-refractivity contribution is 5.85. The van der Waals surface area contributed by atoms with E-state index in [0.29, 0.717) is 0 Å². The molecule has 0 saturated heterocycles. The van der Waals surface area contributed by atoms with Crippen LogP contribution in [0.1, 0.15) is 38.8 Å². The van der Waals surface area contributed by atoms with E-state index in [1.54, 1.807) is 0 Å². The number of hydrogen-bond acceptors (Lipinski definition) is 2. The van der Waals surface area contributed by atoms with E-state index >= 15 is 0 Å². The Morgan fingerprint density at radius 1 is 1.12 bits per heavy atom. The fourth-order valence-electron chi connectivity index (χ4n) is 2.27. The Balaban J connectivity index is 0.00000128. The second-order valence-corrected chi connectivity index (χ2v) is 5.39. The molecule has 0 amide bonds. The summed E-state index contributed by atoms with van der Waals surface area (Å²) in [6.45, 7) is 10.8. The van der Waals surface area contributed by atoms with E-state index in [2.05, 4.69) is 34.6 Å². The van der Waals surface area contributed by atoms with Gasteiger partial charge in [0.05, 0.1) is 0 Å². The van der Waals surface area contributed by atoms with Crippen LogP contribution in [0.25, 0.3) is 0 Å². The molecule has 0 atom stereocenters. The number of ether oxygens (including phenoxy) is 1. The normalized spacial score (nSPS) is 19.6. The van der Waals surface area contributed by atoms with E-state index in [4.69, 9.17) is 10.5 Å². The smallest absolute Gasteiger partial charge is 0.124 e. The second-order valence-electron chi connectivity index (χ2n) is 5.39. The molecule has 1 aliphatic rings. The largest absolute Gasteiger partial charge is 0.487 e. The average molecular weight is 242 g/mol. The third-order valence-corrected chi connectivity index (χ3v) is 3.96. The zero-order valence-corrected chi connectivity index (χ0v) is 11.4. The number of anilines is 1. The van der Waals surface area contributed by atoms with Crippen molar-refractivity contribution in [3.05, 3.63) is 23.3 Å². The first-order valence-corrected chi connectivity index (χ1v) is 5.36. The molecular weight excluding hydrogens is 222 g/mol. The summed E-state index contributed by atoms with van der Waals surface area (Å²) in [5.41, 5.74) is 9.04. The summed E-state index contributed by atoms with van der Waals surface area (Å²) in [5, 5.41) is 0. The molecule has 1 aromatic rings. The van der Waals surface area contributed by atoms with Gasteiger partial charge in [0.25, 0.3) is 0 Å². The van der Waals surface area contributed by atoms with Gasteiger partial charge in [0.2, 0.25) is 0 Å².